The highest BCUT2D eigenvalue weighted by Gasteiger charge is 2.31. The Balaban J connectivity index is 1.39. The number of fused-ring (bicyclic) bond motifs is 1. The maximum atomic E-state index is 12.7. The SMILES string of the molecule is O=C(Cc1ccc2ccccc2c1)N1CCN(S(=O)(=O)c2ccc(Cl)s2)CC1. The third-order valence-corrected chi connectivity index (χ3v) is 8.50. The molecule has 0 unspecified atom stereocenters. The number of hydrogen-bond donors (Lipinski definition) is 0. The fraction of sp³-hybridized carbons (Fsp3) is 0.250. The summed E-state index contributed by atoms with van der Waals surface area (Å²) in [6.07, 6.45) is 0.318. The summed E-state index contributed by atoms with van der Waals surface area (Å²) in [6.45, 7) is 1.37. The fourth-order valence-electron chi connectivity index (χ4n) is 3.38. The molecule has 2 heterocycles. The van der Waals surface area contributed by atoms with E-state index in [0.29, 0.717) is 36.9 Å². The maximum Gasteiger partial charge on any atom is 0.252 e. The van der Waals surface area contributed by atoms with Crippen molar-refractivity contribution in [2.24, 2.45) is 0 Å². The van der Waals surface area contributed by atoms with Crippen LogP contribution in [0.15, 0.2) is 58.8 Å². The molecule has 0 atom stereocenters. The van der Waals surface area contributed by atoms with Crippen molar-refractivity contribution < 1.29 is 13.2 Å². The van der Waals surface area contributed by atoms with Crippen molar-refractivity contribution in [1.82, 2.24) is 9.21 Å². The summed E-state index contributed by atoms with van der Waals surface area (Å²) in [5.74, 6) is 0.0199. The normalized spacial score (nSPS) is 15.8. The number of halogens is 1. The van der Waals surface area contributed by atoms with Gasteiger partial charge in [0.15, 0.2) is 0 Å². The van der Waals surface area contributed by atoms with Gasteiger partial charge >= 0.3 is 0 Å². The molecule has 0 bridgehead atoms. The molecule has 0 radical (unpaired) electrons. The number of hydrogen-bond acceptors (Lipinski definition) is 4. The Kier molecular flexibility index (Phi) is 5.42. The number of rotatable bonds is 4. The number of thiophene rings is 1. The number of piperazine rings is 1. The van der Waals surface area contributed by atoms with Gasteiger partial charge < -0.3 is 4.90 Å². The second-order valence-electron chi connectivity index (χ2n) is 6.70. The number of carbonyl (C=O) groups is 1. The van der Waals surface area contributed by atoms with Crippen LogP contribution in [-0.2, 0) is 21.2 Å². The molecule has 4 rings (SSSR count). The highest BCUT2D eigenvalue weighted by atomic mass is 35.5. The van der Waals surface area contributed by atoms with E-state index < -0.39 is 10.0 Å². The van der Waals surface area contributed by atoms with E-state index in [1.807, 2.05) is 42.5 Å². The largest absolute Gasteiger partial charge is 0.340 e. The zero-order valence-electron chi connectivity index (χ0n) is 15.0. The molecule has 0 N–H and O–H groups in total. The predicted octanol–water partition coefficient (Wildman–Crippen LogP) is 3.63. The molecular formula is C20H19ClN2O3S2. The summed E-state index contributed by atoms with van der Waals surface area (Å²) in [7, 11) is -3.54. The van der Waals surface area contributed by atoms with Crippen molar-refractivity contribution in [2.45, 2.75) is 10.6 Å². The van der Waals surface area contributed by atoms with Crippen LogP contribution in [0.5, 0.6) is 0 Å². The molecule has 5 nitrogen and oxygen atoms in total. The van der Waals surface area contributed by atoms with E-state index in [1.165, 1.54) is 10.4 Å². The Morgan fingerprint density at radius 2 is 1.68 bits per heavy atom. The van der Waals surface area contributed by atoms with Crippen LogP contribution in [0, 0.1) is 0 Å². The zero-order valence-corrected chi connectivity index (χ0v) is 17.4. The van der Waals surface area contributed by atoms with E-state index in [1.54, 1.807) is 11.0 Å². The summed E-state index contributed by atoms with van der Waals surface area (Å²) in [5, 5.41) is 2.25. The van der Waals surface area contributed by atoms with E-state index >= 15 is 0 Å². The minimum Gasteiger partial charge on any atom is -0.340 e. The van der Waals surface area contributed by atoms with Crippen LogP contribution < -0.4 is 0 Å². The predicted molar refractivity (Wildman–Crippen MR) is 112 cm³/mol. The third-order valence-electron chi connectivity index (χ3n) is 4.90. The second-order valence-corrected chi connectivity index (χ2v) is 10.6. The highest BCUT2D eigenvalue weighted by Crippen LogP contribution is 2.28. The third kappa shape index (κ3) is 3.93. The number of amides is 1. The van der Waals surface area contributed by atoms with Crippen LogP contribution >= 0.6 is 22.9 Å². The first-order valence-corrected chi connectivity index (χ1v) is 11.6. The fourth-order valence-corrected chi connectivity index (χ4v) is 6.44. The van der Waals surface area contributed by atoms with Gasteiger partial charge in [-0.2, -0.15) is 4.31 Å². The van der Waals surface area contributed by atoms with E-state index in [0.717, 1.165) is 27.7 Å². The topological polar surface area (TPSA) is 57.7 Å². The van der Waals surface area contributed by atoms with Gasteiger partial charge in [0.25, 0.3) is 10.0 Å². The first-order valence-electron chi connectivity index (χ1n) is 8.94. The Bertz CT molecular complexity index is 1120. The minimum atomic E-state index is -3.54. The molecule has 146 valence electrons. The summed E-state index contributed by atoms with van der Waals surface area (Å²) in [5.41, 5.74) is 0.965. The number of nitrogens with zero attached hydrogens (tertiary/aromatic N) is 2. The Hall–Kier alpha value is -1.93. The van der Waals surface area contributed by atoms with E-state index in [-0.39, 0.29) is 10.1 Å². The van der Waals surface area contributed by atoms with Crippen LogP contribution in [0.4, 0.5) is 0 Å². The lowest BCUT2D eigenvalue weighted by atomic mass is 10.0. The molecule has 1 saturated heterocycles. The standard InChI is InChI=1S/C20H19ClN2O3S2/c21-18-7-8-20(27-18)28(25,26)23-11-9-22(10-12-23)19(24)14-15-5-6-16-3-1-2-4-17(16)13-15/h1-8,13H,9-12,14H2. The van der Waals surface area contributed by atoms with Crippen molar-refractivity contribution in [3.63, 3.8) is 0 Å². The Morgan fingerprint density at radius 1 is 0.964 bits per heavy atom. The molecule has 0 spiro atoms. The van der Waals surface area contributed by atoms with Crippen molar-refractivity contribution in [3.8, 4) is 0 Å². The molecule has 3 aromatic rings. The van der Waals surface area contributed by atoms with Crippen molar-refractivity contribution in [3.05, 3.63) is 64.5 Å². The average molecular weight is 435 g/mol. The zero-order chi connectivity index (χ0) is 19.7. The molecule has 8 heteroatoms. The van der Waals surface area contributed by atoms with Gasteiger partial charge in [0.1, 0.15) is 4.21 Å². The molecule has 1 amide bonds. The molecule has 0 saturated carbocycles. The molecule has 1 fully saturated rings. The van der Waals surface area contributed by atoms with Gasteiger partial charge in [0.05, 0.1) is 10.8 Å². The smallest absolute Gasteiger partial charge is 0.252 e. The van der Waals surface area contributed by atoms with Crippen molar-refractivity contribution in [1.29, 1.82) is 0 Å². The minimum absolute atomic E-state index is 0.0199. The summed E-state index contributed by atoms with van der Waals surface area (Å²) in [6, 6.07) is 17.2. The van der Waals surface area contributed by atoms with Gasteiger partial charge in [-0.05, 0) is 28.5 Å². The number of benzene rings is 2. The Labute approximate surface area is 173 Å². The van der Waals surface area contributed by atoms with E-state index in [9.17, 15) is 13.2 Å². The van der Waals surface area contributed by atoms with Gasteiger partial charge in [-0.3, -0.25) is 4.79 Å². The average Bonchev–Trinajstić information content (AvgIpc) is 3.15. The number of carbonyl (C=O) groups excluding carboxylic acids is 1. The van der Waals surface area contributed by atoms with E-state index in [4.69, 9.17) is 11.6 Å². The van der Waals surface area contributed by atoms with Crippen LogP contribution in [0.3, 0.4) is 0 Å². The van der Waals surface area contributed by atoms with Gasteiger partial charge in [-0.1, -0.05) is 54.1 Å². The lowest BCUT2D eigenvalue weighted by molar-refractivity contribution is -0.131. The van der Waals surface area contributed by atoms with Crippen LogP contribution in [0.1, 0.15) is 5.56 Å². The molecule has 28 heavy (non-hydrogen) atoms. The molecule has 1 aromatic heterocycles. The van der Waals surface area contributed by atoms with Gasteiger partial charge in [0, 0.05) is 26.2 Å². The number of sulfonamides is 1. The summed E-state index contributed by atoms with van der Waals surface area (Å²) in [4.78, 5) is 14.4. The molecule has 1 aliphatic rings. The lowest BCUT2D eigenvalue weighted by Gasteiger charge is -2.33. The maximum absolute atomic E-state index is 12.7. The molecular weight excluding hydrogens is 416 g/mol. The van der Waals surface area contributed by atoms with Gasteiger partial charge in [-0.15, -0.1) is 11.3 Å². The first-order chi connectivity index (χ1) is 13.4. The molecule has 0 aliphatic carbocycles. The lowest BCUT2D eigenvalue weighted by Crippen LogP contribution is -2.50. The molecule has 1 aliphatic heterocycles. The highest BCUT2D eigenvalue weighted by molar-refractivity contribution is 7.91. The summed E-state index contributed by atoms with van der Waals surface area (Å²) >= 11 is 6.92. The van der Waals surface area contributed by atoms with Crippen LogP contribution in [0.25, 0.3) is 10.8 Å². The Morgan fingerprint density at radius 3 is 2.36 bits per heavy atom. The van der Waals surface area contributed by atoms with Gasteiger partial charge in [0.2, 0.25) is 5.91 Å². The van der Waals surface area contributed by atoms with Gasteiger partial charge in [-0.25, -0.2) is 8.42 Å². The summed E-state index contributed by atoms with van der Waals surface area (Å²) < 4.78 is 27.5. The van der Waals surface area contributed by atoms with Crippen molar-refractivity contribution >= 4 is 49.6 Å². The molecule has 2 aromatic carbocycles. The second kappa shape index (κ2) is 7.83. The monoisotopic (exact) mass is 434 g/mol. The van der Waals surface area contributed by atoms with Crippen LogP contribution in [-0.4, -0.2) is 49.7 Å². The quantitative estimate of drug-likeness (QED) is 0.630. The first kappa shape index (κ1) is 19.4. The van der Waals surface area contributed by atoms with Crippen LogP contribution in [0.2, 0.25) is 4.34 Å². The van der Waals surface area contributed by atoms with E-state index in [2.05, 4.69) is 0 Å². The van der Waals surface area contributed by atoms with Crippen molar-refractivity contribution in [2.75, 3.05) is 26.2 Å².